The first kappa shape index (κ1) is 14.7. The van der Waals surface area contributed by atoms with Crippen molar-refractivity contribution in [2.24, 2.45) is 0 Å². The molecule has 2 rings (SSSR count). The van der Waals surface area contributed by atoms with E-state index in [4.69, 9.17) is 5.73 Å². The summed E-state index contributed by atoms with van der Waals surface area (Å²) in [5.74, 6) is -1.52. The van der Waals surface area contributed by atoms with Gasteiger partial charge in [0, 0.05) is 5.56 Å². The lowest BCUT2D eigenvalue weighted by Gasteiger charge is -2.11. The molecule has 0 saturated heterocycles. The summed E-state index contributed by atoms with van der Waals surface area (Å²) in [4.78, 5) is 22.4. The van der Waals surface area contributed by atoms with Crippen molar-refractivity contribution in [2.75, 3.05) is 5.73 Å². The van der Waals surface area contributed by atoms with Crippen LogP contribution in [0.25, 0.3) is 11.3 Å². The maximum Gasteiger partial charge on any atom is 0.328 e. The molecule has 1 atom stereocenters. The number of aromatic nitrogens is 2. The Kier molecular flexibility index (Phi) is 4.02. The second kappa shape index (κ2) is 5.74. The highest BCUT2D eigenvalue weighted by atomic mass is 19.1. The summed E-state index contributed by atoms with van der Waals surface area (Å²) in [6.45, 7) is 1.68. The van der Waals surface area contributed by atoms with E-state index in [9.17, 15) is 19.1 Å². The molecule has 0 aliphatic carbocycles. The summed E-state index contributed by atoms with van der Waals surface area (Å²) in [5, 5.41) is 13.3. The number of hydrogen-bond donors (Lipinski definition) is 2. The number of nitrogen functional groups attached to an aromatic ring is 1. The molecule has 3 N–H and O–H groups in total. The van der Waals surface area contributed by atoms with E-state index in [0.29, 0.717) is 11.8 Å². The highest BCUT2D eigenvalue weighted by Crippen LogP contribution is 2.29. The molecule has 0 radical (unpaired) electrons. The number of carboxylic acids is 1. The first-order valence-electron chi connectivity index (χ1n) is 6.31. The second-order valence-electron chi connectivity index (χ2n) is 4.48. The van der Waals surface area contributed by atoms with Crippen molar-refractivity contribution in [3.8, 4) is 11.3 Å². The number of nitrogens with zero attached hydrogens (tertiary/aromatic N) is 2. The van der Waals surface area contributed by atoms with Crippen molar-refractivity contribution in [1.82, 2.24) is 9.78 Å². The Labute approximate surface area is 120 Å². The van der Waals surface area contributed by atoms with Gasteiger partial charge >= 0.3 is 5.97 Å². The molecule has 1 aromatic carbocycles. The van der Waals surface area contributed by atoms with Crippen LogP contribution in [-0.4, -0.2) is 27.1 Å². The Bertz CT molecular complexity index is 680. The van der Waals surface area contributed by atoms with E-state index >= 15 is 0 Å². The van der Waals surface area contributed by atoms with E-state index in [-0.39, 0.29) is 23.5 Å². The van der Waals surface area contributed by atoms with Crippen molar-refractivity contribution in [1.29, 1.82) is 0 Å². The zero-order chi connectivity index (χ0) is 15.6. The molecule has 0 saturated carbocycles. The molecule has 6 nitrogen and oxygen atoms in total. The first-order valence-corrected chi connectivity index (χ1v) is 6.31. The number of carbonyl (C=O) groups is 2. The van der Waals surface area contributed by atoms with Crippen molar-refractivity contribution in [3.05, 3.63) is 35.6 Å². The van der Waals surface area contributed by atoms with E-state index in [0.717, 1.165) is 4.68 Å². The number of aliphatic carboxylic acids is 1. The number of carbonyl (C=O) groups excluding carboxylic acids is 1. The van der Waals surface area contributed by atoms with Gasteiger partial charge in [0.05, 0.1) is 5.56 Å². The number of aldehydes is 1. The van der Waals surface area contributed by atoms with E-state index in [1.165, 1.54) is 24.3 Å². The Hall–Kier alpha value is -2.70. The number of nitrogens with two attached hydrogens (primary N) is 1. The van der Waals surface area contributed by atoms with Gasteiger partial charge in [0.25, 0.3) is 0 Å². The zero-order valence-electron chi connectivity index (χ0n) is 11.3. The van der Waals surface area contributed by atoms with Crippen molar-refractivity contribution >= 4 is 18.1 Å². The van der Waals surface area contributed by atoms with Crippen LogP contribution in [0.4, 0.5) is 10.2 Å². The zero-order valence-corrected chi connectivity index (χ0v) is 11.3. The minimum absolute atomic E-state index is 0.0152. The quantitative estimate of drug-likeness (QED) is 0.822. The Morgan fingerprint density at radius 3 is 2.57 bits per heavy atom. The Balaban J connectivity index is 2.60. The molecule has 0 fully saturated rings. The third-order valence-corrected chi connectivity index (χ3v) is 3.19. The molecule has 1 aromatic heterocycles. The van der Waals surface area contributed by atoms with Crippen LogP contribution < -0.4 is 5.73 Å². The largest absolute Gasteiger partial charge is 0.480 e. The fourth-order valence-electron chi connectivity index (χ4n) is 2.09. The summed E-state index contributed by atoms with van der Waals surface area (Å²) < 4.78 is 14.1. The third kappa shape index (κ3) is 2.62. The lowest BCUT2D eigenvalue weighted by Crippen LogP contribution is -2.21. The normalized spacial score (nSPS) is 12.1. The highest BCUT2D eigenvalue weighted by Gasteiger charge is 2.25. The van der Waals surface area contributed by atoms with Crippen LogP contribution in [0.1, 0.15) is 29.7 Å². The molecule has 0 spiro atoms. The predicted octanol–water partition coefficient (Wildman–Crippen LogP) is 2.12. The molecule has 1 unspecified atom stereocenters. The minimum Gasteiger partial charge on any atom is -0.480 e. The van der Waals surface area contributed by atoms with Gasteiger partial charge in [-0.3, -0.25) is 4.79 Å². The number of rotatable bonds is 5. The summed E-state index contributed by atoms with van der Waals surface area (Å²) in [7, 11) is 0. The number of anilines is 1. The van der Waals surface area contributed by atoms with Gasteiger partial charge in [-0.05, 0) is 30.7 Å². The van der Waals surface area contributed by atoms with Crippen LogP contribution in [0.15, 0.2) is 24.3 Å². The number of carboxylic acid groups (broad SMARTS) is 1. The predicted molar refractivity (Wildman–Crippen MR) is 74.4 cm³/mol. The molecule has 0 amide bonds. The maximum atomic E-state index is 13.0. The van der Waals surface area contributed by atoms with Crippen molar-refractivity contribution < 1.29 is 19.1 Å². The number of hydrogen-bond acceptors (Lipinski definition) is 4. The fraction of sp³-hybridized carbons (Fsp3) is 0.214. The monoisotopic (exact) mass is 291 g/mol. The maximum absolute atomic E-state index is 13.0. The van der Waals surface area contributed by atoms with Gasteiger partial charge in [-0.15, -0.1) is 0 Å². The lowest BCUT2D eigenvalue weighted by atomic mass is 10.1. The second-order valence-corrected chi connectivity index (χ2v) is 4.48. The van der Waals surface area contributed by atoms with Gasteiger partial charge in [0.15, 0.2) is 12.3 Å². The smallest absolute Gasteiger partial charge is 0.328 e. The Morgan fingerprint density at radius 2 is 2.10 bits per heavy atom. The molecule has 0 aliphatic heterocycles. The first-order chi connectivity index (χ1) is 9.99. The average Bonchev–Trinajstić information content (AvgIpc) is 2.77. The molecular weight excluding hydrogens is 277 g/mol. The molecule has 1 heterocycles. The van der Waals surface area contributed by atoms with Gasteiger partial charge in [0.1, 0.15) is 17.3 Å². The van der Waals surface area contributed by atoms with Gasteiger partial charge in [-0.2, -0.15) is 5.10 Å². The average molecular weight is 291 g/mol. The van der Waals surface area contributed by atoms with Crippen LogP contribution in [0.2, 0.25) is 0 Å². The van der Waals surface area contributed by atoms with Crippen LogP contribution in [0.3, 0.4) is 0 Å². The van der Waals surface area contributed by atoms with E-state index in [1.807, 2.05) is 0 Å². The van der Waals surface area contributed by atoms with Gasteiger partial charge in [0.2, 0.25) is 0 Å². The van der Waals surface area contributed by atoms with Crippen molar-refractivity contribution in [2.45, 2.75) is 19.4 Å². The van der Waals surface area contributed by atoms with Gasteiger partial charge < -0.3 is 10.8 Å². The number of benzene rings is 1. The SMILES string of the molecule is CCC(C(=O)O)n1nc(-c2ccc(F)cc2)c(C=O)c1N. The molecule has 0 bridgehead atoms. The third-order valence-electron chi connectivity index (χ3n) is 3.19. The summed E-state index contributed by atoms with van der Waals surface area (Å²) >= 11 is 0. The highest BCUT2D eigenvalue weighted by molar-refractivity contribution is 5.92. The van der Waals surface area contributed by atoms with Gasteiger partial charge in [-0.25, -0.2) is 13.9 Å². The molecule has 2 aromatic rings. The molecule has 7 heteroatoms. The molecule has 0 aliphatic rings. The van der Waals surface area contributed by atoms with Crippen LogP contribution >= 0.6 is 0 Å². The van der Waals surface area contributed by atoms with E-state index in [1.54, 1.807) is 6.92 Å². The molecule has 21 heavy (non-hydrogen) atoms. The minimum atomic E-state index is -1.09. The summed E-state index contributed by atoms with van der Waals surface area (Å²) in [5.41, 5.74) is 6.65. The molecule has 110 valence electrons. The van der Waals surface area contributed by atoms with E-state index in [2.05, 4.69) is 5.10 Å². The van der Waals surface area contributed by atoms with E-state index < -0.39 is 17.8 Å². The van der Waals surface area contributed by atoms with Crippen LogP contribution in [0.5, 0.6) is 0 Å². The molecular formula is C14H14FN3O3. The topological polar surface area (TPSA) is 98.2 Å². The number of halogens is 1. The summed E-state index contributed by atoms with van der Waals surface area (Å²) in [6, 6.07) is 4.41. The Morgan fingerprint density at radius 1 is 1.48 bits per heavy atom. The van der Waals surface area contributed by atoms with Crippen molar-refractivity contribution in [3.63, 3.8) is 0 Å². The fourth-order valence-corrected chi connectivity index (χ4v) is 2.09. The van der Waals surface area contributed by atoms with Gasteiger partial charge in [-0.1, -0.05) is 6.92 Å². The van der Waals surface area contributed by atoms with Crippen LogP contribution in [-0.2, 0) is 4.79 Å². The standard InChI is InChI=1S/C14H14FN3O3/c1-2-11(14(20)21)18-13(16)10(7-19)12(17-18)8-3-5-9(15)6-4-8/h3-7,11H,2,16H2,1H3,(H,20,21). The lowest BCUT2D eigenvalue weighted by molar-refractivity contribution is -0.141. The summed E-state index contributed by atoms with van der Waals surface area (Å²) in [6.07, 6.45) is 0.786. The van der Waals surface area contributed by atoms with Crippen LogP contribution in [0, 0.1) is 5.82 Å².